The van der Waals surface area contributed by atoms with Crippen molar-refractivity contribution in [1.29, 1.82) is 0 Å². The molecule has 1 rings (SSSR count). The van der Waals surface area contributed by atoms with E-state index in [4.69, 9.17) is 9.47 Å². The SMILES string of the molecule is CCCOC[Si](C)(COCCC)C1CCCCC1. The molecule has 3 heteroatoms. The van der Waals surface area contributed by atoms with E-state index in [2.05, 4.69) is 20.4 Å². The first kappa shape index (κ1) is 16.2. The summed E-state index contributed by atoms with van der Waals surface area (Å²) in [5.41, 5.74) is 0.931. The van der Waals surface area contributed by atoms with Gasteiger partial charge in [-0.3, -0.25) is 0 Å². The van der Waals surface area contributed by atoms with Gasteiger partial charge in [-0.25, -0.2) is 0 Å². The summed E-state index contributed by atoms with van der Waals surface area (Å²) < 4.78 is 11.8. The van der Waals surface area contributed by atoms with Gasteiger partial charge in [-0.2, -0.15) is 0 Å². The fourth-order valence-electron chi connectivity index (χ4n) is 2.98. The zero-order valence-electron chi connectivity index (χ0n) is 12.7. The normalized spacial score (nSPS) is 18.2. The van der Waals surface area contributed by atoms with Crippen LogP contribution >= 0.6 is 0 Å². The second kappa shape index (κ2) is 9.11. The minimum absolute atomic E-state index is 0.920. The van der Waals surface area contributed by atoms with Gasteiger partial charge in [0, 0.05) is 25.7 Å². The van der Waals surface area contributed by atoms with Gasteiger partial charge in [0.15, 0.2) is 0 Å². The van der Waals surface area contributed by atoms with E-state index in [1.807, 2.05) is 0 Å². The first-order valence-corrected chi connectivity index (χ1v) is 10.9. The van der Waals surface area contributed by atoms with Gasteiger partial charge in [0.25, 0.3) is 0 Å². The monoisotopic (exact) mass is 272 g/mol. The fourth-order valence-corrected chi connectivity index (χ4v) is 6.55. The first-order chi connectivity index (χ1) is 8.73. The van der Waals surface area contributed by atoms with E-state index in [0.29, 0.717) is 0 Å². The summed E-state index contributed by atoms with van der Waals surface area (Å²) in [5, 5.41) is 0. The van der Waals surface area contributed by atoms with Crippen LogP contribution in [0.4, 0.5) is 0 Å². The molecule has 0 aliphatic heterocycles. The summed E-state index contributed by atoms with van der Waals surface area (Å²) in [6.45, 7) is 8.72. The third-order valence-corrected chi connectivity index (χ3v) is 8.43. The molecule has 0 aromatic heterocycles. The molecular formula is C15H32O2Si. The van der Waals surface area contributed by atoms with Crippen molar-refractivity contribution >= 4 is 8.07 Å². The van der Waals surface area contributed by atoms with Crippen LogP contribution in [0.15, 0.2) is 0 Å². The van der Waals surface area contributed by atoms with Crippen molar-refractivity contribution < 1.29 is 9.47 Å². The molecule has 1 aliphatic carbocycles. The zero-order chi connectivity index (χ0) is 13.3. The summed E-state index contributed by atoms with van der Waals surface area (Å²) in [6, 6.07) is 0. The molecule has 1 fully saturated rings. The third-order valence-electron chi connectivity index (χ3n) is 4.15. The average Bonchev–Trinajstić information content (AvgIpc) is 2.40. The largest absolute Gasteiger partial charge is 0.385 e. The topological polar surface area (TPSA) is 18.5 Å². The Balaban J connectivity index is 2.47. The third kappa shape index (κ3) is 5.41. The lowest BCUT2D eigenvalue weighted by Crippen LogP contribution is -2.48. The van der Waals surface area contributed by atoms with E-state index in [0.717, 1.165) is 44.1 Å². The number of rotatable bonds is 9. The second-order valence-corrected chi connectivity index (χ2v) is 10.8. The smallest absolute Gasteiger partial charge is 0.113 e. The maximum Gasteiger partial charge on any atom is 0.113 e. The first-order valence-electron chi connectivity index (χ1n) is 7.88. The summed E-state index contributed by atoms with van der Waals surface area (Å²) in [7, 11) is -1.37. The Morgan fingerprint density at radius 2 is 1.39 bits per heavy atom. The van der Waals surface area contributed by atoms with Crippen molar-refractivity contribution in [2.24, 2.45) is 0 Å². The molecule has 0 saturated heterocycles. The molecule has 0 aromatic carbocycles. The van der Waals surface area contributed by atoms with Crippen molar-refractivity contribution in [3.05, 3.63) is 0 Å². The minimum atomic E-state index is -1.37. The Bertz CT molecular complexity index is 193. The lowest BCUT2D eigenvalue weighted by molar-refractivity contribution is 0.145. The van der Waals surface area contributed by atoms with Gasteiger partial charge in [0.1, 0.15) is 8.07 Å². The van der Waals surface area contributed by atoms with Crippen LogP contribution in [0.3, 0.4) is 0 Å². The highest BCUT2D eigenvalue weighted by molar-refractivity contribution is 6.80. The average molecular weight is 273 g/mol. The highest BCUT2D eigenvalue weighted by atomic mass is 28.3. The predicted octanol–water partition coefficient (Wildman–Crippen LogP) is 4.33. The van der Waals surface area contributed by atoms with Gasteiger partial charge >= 0.3 is 0 Å². The van der Waals surface area contributed by atoms with Gasteiger partial charge in [-0.05, 0) is 18.4 Å². The van der Waals surface area contributed by atoms with Crippen molar-refractivity contribution in [1.82, 2.24) is 0 Å². The minimum Gasteiger partial charge on any atom is -0.385 e. The fraction of sp³-hybridized carbons (Fsp3) is 1.00. The Hall–Kier alpha value is 0.137. The second-order valence-electron chi connectivity index (χ2n) is 6.09. The van der Waals surface area contributed by atoms with Crippen LogP contribution in [0.25, 0.3) is 0 Å². The Morgan fingerprint density at radius 3 is 1.83 bits per heavy atom. The van der Waals surface area contributed by atoms with Gasteiger partial charge in [-0.15, -0.1) is 0 Å². The molecule has 18 heavy (non-hydrogen) atoms. The molecule has 2 nitrogen and oxygen atoms in total. The molecule has 108 valence electrons. The van der Waals surface area contributed by atoms with Crippen LogP contribution in [-0.2, 0) is 9.47 Å². The summed E-state index contributed by atoms with van der Waals surface area (Å²) in [6.07, 6.45) is 11.4. The van der Waals surface area contributed by atoms with E-state index in [1.54, 1.807) is 0 Å². The Morgan fingerprint density at radius 1 is 0.889 bits per heavy atom. The zero-order valence-corrected chi connectivity index (χ0v) is 13.7. The lowest BCUT2D eigenvalue weighted by Gasteiger charge is -2.37. The maximum atomic E-state index is 5.91. The summed E-state index contributed by atoms with van der Waals surface area (Å²) >= 11 is 0. The molecule has 0 atom stereocenters. The van der Waals surface area contributed by atoms with Gasteiger partial charge in [0.2, 0.25) is 0 Å². The van der Waals surface area contributed by atoms with E-state index < -0.39 is 8.07 Å². The molecule has 0 radical (unpaired) electrons. The number of ether oxygens (including phenoxy) is 2. The Labute approximate surface area is 114 Å². The van der Waals surface area contributed by atoms with Gasteiger partial charge in [-0.1, -0.05) is 52.5 Å². The lowest BCUT2D eigenvalue weighted by atomic mass is 10.0. The molecule has 0 spiro atoms. The van der Waals surface area contributed by atoms with Crippen LogP contribution in [0.2, 0.25) is 12.1 Å². The van der Waals surface area contributed by atoms with Crippen molar-refractivity contribution in [3.63, 3.8) is 0 Å². The molecule has 1 aliphatic rings. The predicted molar refractivity (Wildman–Crippen MR) is 80.7 cm³/mol. The highest BCUT2D eigenvalue weighted by Crippen LogP contribution is 2.37. The van der Waals surface area contributed by atoms with Crippen molar-refractivity contribution in [3.8, 4) is 0 Å². The molecule has 1 saturated carbocycles. The van der Waals surface area contributed by atoms with Crippen LogP contribution in [0.1, 0.15) is 58.8 Å². The molecule has 0 unspecified atom stereocenters. The van der Waals surface area contributed by atoms with Crippen LogP contribution in [-0.4, -0.2) is 33.7 Å². The van der Waals surface area contributed by atoms with E-state index >= 15 is 0 Å². The van der Waals surface area contributed by atoms with Crippen molar-refractivity contribution in [2.45, 2.75) is 70.9 Å². The quantitative estimate of drug-likeness (QED) is 0.459. The van der Waals surface area contributed by atoms with Gasteiger partial charge in [0.05, 0.1) is 0 Å². The summed E-state index contributed by atoms with van der Waals surface area (Å²) in [5.74, 6) is 0. The summed E-state index contributed by atoms with van der Waals surface area (Å²) in [4.78, 5) is 0. The van der Waals surface area contributed by atoms with E-state index in [-0.39, 0.29) is 0 Å². The van der Waals surface area contributed by atoms with E-state index in [1.165, 1.54) is 32.1 Å². The molecule has 0 N–H and O–H groups in total. The van der Waals surface area contributed by atoms with Crippen LogP contribution in [0.5, 0.6) is 0 Å². The highest BCUT2D eigenvalue weighted by Gasteiger charge is 2.37. The standard InChI is InChI=1S/C15H32O2Si/c1-4-11-16-13-18(3,14-17-12-5-2)15-9-7-6-8-10-15/h15H,4-14H2,1-3H3. The molecular weight excluding hydrogens is 240 g/mol. The Kier molecular flexibility index (Phi) is 8.19. The molecule has 0 bridgehead atoms. The molecule has 0 heterocycles. The van der Waals surface area contributed by atoms with Crippen molar-refractivity contribution in [2.75, 3.05) is 25.7 Å². The van der Waals surface area contributed by atoms with E-state index in [9.17, 15) is 0 Å². The number of hydrogen-bond donors (Lipinski definition) is 0. The molecule has 0 aromatic rings. The van der Waals surface area contributed by atoms with Gasteiger partial charge < -0.3 is 9.47 Å². The van der Waals surface area contributed by atoms with Crippen LogP contribution < -0.4 is 0 Å². The maximum absolute atomic E-state index is 5.91. The molecule has 0 amide bonds. The van der Waals surface area contributed by atoms with Crippen LogP contribution in [0, 0.1) is 0 Å². The number of hydrogen-bond acceptors (Lipinski definition) is 2.